The summed E-state index contributed by atoms with van der Waals surface area (Å²) in [5.41, 5.74) is 0. The van der Waals surface area contributed by atoms with Gasteiger partial charge in [-0.25, -0.2) is 13.2 Å². The number of carbonyl (C=O) groups excluding carboxylic acids is 1. The van der Waals surface area contributed by atoms with Gasteiger partial charge in [-0.2, -0.15) is 0 Å². The molecule has 0 aromatic rings. The lowest BCUT2D eigenvalue weighted by molar-refractivity contribution is -0.140. The zero-order valence-electron chi connectivity index (χ0n) is 10.6. The van der Waals surface area contributed by atoms with Gasteiger partial charge >= 0.3 is 12.0 Å². The maximum atomic E-state index is 11.4. The number of carboxylic acid groups (broad SMARTS) is 1. The van der Waals surface area contributed by atoms with E-state index in [0.717, 1.165) is 6.26 Å². The lowest BCUT2D eigenvalue weighted by atomic mass is 10.1. The van der Waals surface area contributed by atoms with Crippen molar-refractivity contribution in [2.75, 3.05) is 18.6 Å². The van der Waals surface area contributed by atoms with E-state index in [1.165, 1.54) is 0 Å². The van der Waals surface area contributed by atoms with Gasteiger partial charge in [0.1, 0.15) is 9.84 Å². The molecular weight excluding hydrogens is 272 g/mol. The molecule has 3 N–H and O–H groups in total. The summed E-state index contributed by atoms with van der Waals surface area (Å²) >= 11 is 0. The Labute approximate surface area is 112 Å². The maximum absolute atomic E-state index is 11.4. The minimum atomic E-state index is -3.01. The van der Waals surface area contributed by atoms with Crippen LogP contribution in [-0.4, -0.2) is 50.1 Å². The third kappa shape index (κ3) is 6.23. The van der Waals surface area contributed by atoms with E-state index < -0.39 is 27.8 Å². The molecule has 0 fully saturated rings. The molecule has 8 heteroatoms. The van der Waals surface area contributed by atoms with Crippen LogP contribution in [0.15, 0.2) is 12.2 Å². The van der Waals surface area contributed by atoms with E-state index in [9.17, 15) is 18.0 Å². The van der Waals surface area contributed by atoms with Crippen molar-refractivity contribution in [2.45, 2.75) is 18.9 Å². The fraction of sp³-hybridized carbons (Fsp3) is 0.636. The Kier molecular flexibility index (Phi) is 5.34. The van der Waals surface area contributed by atoms with Gasteiger partial charge < -0.3 is 15.7 Å². The topological polar surface area (TPSA) is 113 Å². The van der Waals surface area contributed by atoms with Gasteiger partial charge in [0.15, 0.2) is 0 Å². The summed E-state index contributed by atoms with van der Waals surface area (Å²) in [5, 5.41) is 13.9. The van der Waals surface area contributed by atoms with E-state index in [1.807, 2.05) is 0 Å². The molecule has 0 saturated heterocycles. The van der Waals surface area contributed by atoms with Crippen LogP contribution in [0, 0.1) is 5.92 Å². The van der Waals surface area contributed by atoms with Crippen LogP contribution in [0.2, 0.25) is 0 Å². The minimum Gasteiger partial charge on any atom is -0.481 e. The smallest absolute Gasteiger partial charge is 0.315 e. The Morgan fingerprint density at radius 1 is 1.37 bits per heavy atom. The van der Waals surface area contributed by atoms with Gasteiger partial charge in [-0.1, -0.05) is 12.2 Å². The number of urea groups is 1. The number of nitrogens with one attached hydrogen (secondary N) is 2. The molecule has 19 heavy (non-hydrogen) atoms. The second-order valence-corrected chi connectivity index (χ2v) is 6.82. The highest BCUT2D eigenvalue weighted by molar-refractivity contribution is 7.90. The van der Waals surface area contributed by atoms with E-state index in [4.69, 9.17) is 5.11 Å². The van der Waals surface area contributed by atoms with Gasteiger partial charge in [0.05, 0.1) is 17.7 Å². The number of hydrogen-bond donors (Lipinski definition) is 3. The molecule has 0 aromatic heterocycles. The average molecular weight is 290 g/mol. The number of sulfone groups is 1. The fourth-order valence-electron chi connectivity index (χ4n) is 1.74. The monoisotopic (exact) mass is 290 g/mol. The maximum Gasteiger partial charge on any atom is 0.315 e. The Morgan fingerprint density at radius 2 is 2.05 bits per heavy atom. The molecule has 108 valence electrons. The SMILES string of the molecule is CS(=O)(=O)CCCNC(=O)NC1C=CC(C(=O)O)C1. The molecule has 2 atom stereocenters. The van der Waals surface area contributed by atoms with Crippen molar-refractivity contribution < 1.29 is 23.1 Å². The summed E-state index contributed by atoms with van der Waals surface area (Å²) in [6.07, 6.45) is 5.03. The first-order valence-corrected chi connectivity index (χ1v) is 7.97. The zero-order chi connectivity index (χ0) is 14.5. The Morgan fingerprint density at radius 3 is 2.58 bits per heavy atom. The first-order valence-electron chi connectivity index (χ1n) is 5.91. The van der Waals surface area contributed by atoms with Crippen molar-refractivity contribution in [3.05, 3.63) is 12.2 Å². The summed E-state index contributed by atoms with van der Waals surface area (Å²) in [6.45, 7) is 0.262. The first kappa shape index (κ1) is 15.5. The minimum absolute atomic E-state index is 0.0255. The van der Waals surface area contributed by atoms with Crippen LogP contribution in [0.5, 0.6) is 0 Å². The highest BCUT2D eigenvalue weighted by Crippen LogP contribution is 2.17. The Hall–Kier alpha value is -1.57. The largest absolute Gasteiger partial charge is 0.481 e. The van der Waals surface area contributed by atoms with Crippen LogP contribution in [-0.2, 0) is 14.6 Å². The van der Waals surface area contributed by atoms with Crippen molar-refractivity contribution >= 4 is 21.8 Å². The third-order valence-corrected chi connectivity index (χ3v) is 3.73. The average Bonchev–Trinajstić information content (AvgIpc) is 2.71. The van der Waals surface area contributed by atoms with Crippen LogP contribution < -0.4 is 10.6 Å². The van der Waals surface area contributed by atoms with Gasteiger partial charge in [-0.15, -0.1) is 0 Å². The quantitative estimate of drug-likeness (QED) is 0.461. The molecule has 0 heterocycles. The van der Waals surface area contributed by atoms with Crippen molar-refractivity contribution in [1.29, 1.82) is 0 Å². The van der Waals surface area contributed by atoms with Crippen LogP contribution in [0.3, 0.4) is 0 Å². The van der Waals surface area contributed by atoms with Crippen LogP contribution in [0.4, 0.5) is 4.79 Å². The lowest BCUT2D eigenvalue weighted by Crippen LogP contribution is -2.41. The Bertz CT molecular complexity index is 471. The summed E-state index contributed by atoms with van der Waals surface area (Å²) in [6, 6.07) is -0.717. The molecule has 0 aliphatic heterocycles. The molecule has 1 aliphatic rings. The zero-order valence-corrected chi connectivity index (χ0v) is 11.4. The fourth-order valence-corrected chi connectivity index (χ4v) is 2.41. The number of amides is 2. The third-order valence-electron chi connectivity index (χ3n) is 2.69. The van der Waals surface area contributed by atoms with Crippen molar-refractivity contribution in [3.63, 3.8) is 0 Å². The highest BCUT2D eigenvalue weighted by Gasteiger charge is 2.25. The number of carbonyl (C=O) groups is 2. The second kappa shape index (κ2) is 6.55. The van der Waals surface area contributed by atoms with E-state index >= 15 is 0 Å². The van der Waals surface area contributed by atoms with Crippen molar-refractivity contribution in [3.8, 4) is 0 Å². The molecular formula is C11H18N2O5S. The molecule has 0 aromatic carbocycles. The predicted octanol–water partition coefficient (Wildman–Crippen LogP) is -0.250. The van der Waals surface area contributed by atoms with Gasteiger partial charge in [-0.3, -0.25) is 4.79 Å². The summed E-state index contributed by atoms with van der Waals surface area (Å²) in [7, 11) is -3.01. The molecule has 1 rings (SSSR count). The van der Waals surface area contributed by atoms with Crippen LogP contribution >= 0.6 is 0 Å². The molecule has 7 nitrogen and oxygen atoms in total. The van der Waals surface area contributed by atoms with Crippen molar-refractivity contribution in [1.82, 2.24) is 10.6 Å². The van der Waals surface area contributed by atoms with Crippen molar-refractivity contribution in [2.24, 2.45) is 5.92 Å². The Balaban J connectivity index is 2.19. The van der Waals surface area contributed by atoms with E-state index in [2.05, 4.69) is 10.6 Å². The van der Waals surface area contributed by atoms with E-state index in [1.54, 1.807) is 12.2 Å². The molecule has 0 bridgehead atoms. The lowest BCUT2D eigenvalue weighted by Gasteiger charge is -2.12. The molecule has 0 saturated carbocycles. The normalized spacial score (nSPS) is 22.2. The summed E-state index contributed by atoms with van der Waals surface area (Å²) in [5.74, 6) is -1.44. The van der Waals surface area contributed by atoms with Gasteiger partial charge in [0.2, 0.25) is 0 Å². The van der Waals surface area contributed by atoms with Gasteiger partial charge in [-0.05, 0) is 12.8 Å². The molecule has 0 spiro atoms. The molecule has 2 amide bonds. The molecule has 0 radical (unpaired) electrons. The summed E-state index contributed by atoms with van der Waals surface area (Å²) < 4.78 is 21.7. The molecule has 1 aliphatic carbocycles. The van der Waals surface area contributed by atoms with Gasteiger partial charge in [0, 0.05) is 12.8 Å². The van der Waals surface area contributed by atoms with Crippen LogP contribution in [0.25, 0.3) is 0 Å². The predicted molar refractivity (Wildman–Crippen MR) is 69.5 cm³/mol. The number of carboxylic acids is 1. The standard InChI is InChI=1S/C11H18N2O5S/c1-19(17,18)6-2-5-12-11(16)13-9-4-3-8(7-9)10(14)15/h3-4,8-9H,2,5-7H2,1H3,(H,14,15)(H2,12,13,16). The number of rotatable bonds is 6. The number of hydrogen-bond acceptors (Lipinski definition) is 4. The molecule has 2 unspecified atom stereocenters. The second-order valence-electron chi connectivity index (χ2n) is 4.56. The van der Waals surface area contributed by atoms with Crippen LogP contribution in [0.1, 0.15) is 12.8 Å². The first-order chi connectivity index (χ1) is 8.78. The van der Waals surface area contributed by atoms with E-state index in [-0.39, 0.29) is 18.3 Å². The summed E-state index contributed by atoms with van der Waals surface area (Å²) in [4.78, 5) is 22.1. The highest BCUT2D eigenvalue weighted by atomic mass is 32.2. The van der Waals surface area contributed by atoms with E-state index in [0.29, 0.717) is 12.8 Å². The van der Waals surface area contributed by atoms with Gasteiger partial charge in [0.25, 0.3) is 0 Å². The number of aliphatic carboxylic acids is 1.